The average molecular weight is 422 g/mol. The summed E-state index contributed by atoms with van der Waals surface area (Å²) in [7, 11) is 0. The van der Waals surface area contributed by atoms with E-state index in [2.05, 4.69) is 26.0 Å². The number of carbonyl (C=O) groups is 1. The maximum absolute atomic E-state index is 14.1. The molecule has 1 atom stereocenters. The minimum Gasteiger partial charge on any atom is -0.366 e. The number of hydrogen-bond acceptors (Lipinski definition) is 6. The summed E-state index contributed by atoms with van der Waals surface area (Å²) in [6.07, 6.45) is -4.79. The van der Waals surface area contributed by atoms with Gasteiger partial charge in [-0.25, -0.2) is 4.39 Å². The number of primary amides is 1. The van der Waals surface area contributed by atoms with Crippen molar-refractivity contribution in [2.45, 2.75) is 19.1 Å². The van der Waals surface area contributed by atoms with Crippen LogP contribution in [0.15, 0.2) is 36.4 Å². The number of fused-ring (bicyclic) bond motifs is 1. The van der Waals surface area contributed by atoms with Crippen LogP contribution in [0.5, 0.6) is 0 Å². The van der Waals surface area contributed by atoms with E-state index in [9.17, 15) is 22.4 Å². The van der Waals surface area contributed by atoms with E-state index in [-0.39, 0.29) is 29.0 Å². The number of likely N-dealkylation sites (N-methyl/N-ethyl adjacent to an activating group) is 1. The predicted molar refractivity (Wildman–Crippen MR) is 102 cm³/mol. The van der Waals surface area contributed by atoms with Gasteiger partial charge in [-0.15, -0.1) is 10.2 Å². The number of nitrogens with one attached hydrogen (secondary N) is 2. The zero-order chi connectivity index (χ0) is 21.9. The fourth-order valence-corrected chi connectivity index (χ4v) is 3.00. The van der Waals surface area contributed by atoms with Crippen LogP contribution in [0.2, 0.25) is 0 Å². The smallest absolute Gasteiger partial charge is 0.366 e. The van der Waals surface area contributed by atoms with Gasteiger partial charge in [-0.05, 0) is 41.6 Å². The van der Waals surface area contributed by atoms with Crippen LogP contribution in [0.25, 0.3) is 10.9 Å². The first-order valence-corrected chi connectivity index (χ1v) is 8.98. The summed E-state index contributed by atoms with van der Waals surface area (Å²) in [4.78, 5) is 11.6. The van der Waals surface area contributed by atoms with Crippen LogP contribution in [0, 0.1) is 5.82 Å². The zero-order valence-electron chi connectivity index (χ0n) is 15.8. The van der Waals surface area contributed by atoms with Gasteiger partial charge < -0.3 is 16.4 Å². The number of aromatic nitrogens is 3. The summed E-state index contributed by atoms with van der Waals surface area (Å²) in [5.41, 5.74) is 4.67. The topological polar surface area (TPSA) is 106 Å². The van der Waals surface area contributed by atoms with Crippen molar-refractivity contribution in [3.05, 3.63) is 58.9 Å². The van der Waals surface area contributed by atoms with E-state index < -0.39 is 29.5 Å². The Balaban J connectivity index is 2.01. The molecule has 7 nitrogen and oxygen atoms in total. The normalized spacial score (nSPS) is 12.7. The molecule has 1 amide bonds. The third-order valence-electron chi connectivity index (χ3n) is 4.46. The van der Waals surface area contributed by atoms with Crippen molar-refractivity contribution in [3.8, 4) is 0 Å². The van der Waals surface area contributed by atoms with Gasteiger partial charge >= 0.3 is 6.18 Å². The molecule has 0 spiro atoms. The average Bonchev–Trinajstić information content (AvgIpc) is 2.69. The fraction of sp³-hybridized carbons (Fsp3) is 0.263. The molecule has 0 radical (unpaired) electrons. The number of halogens is 4. The number of carbonyl (C=O) groups excluding carboxylic acids is 1. The molecule has 158 valence electrons. The van der Waals surface area contributed by atoms with E-state index in [0.29, 0.717) is 18.0 Å². The minimum absolute atomic E-state index is 0.147. The van der Waals surface area contributed by atoms with E-state index in [0.717, 1.165) is 6.07 Å². The van der Waals surface area contributed by atoms with Crippen LogP contribution in [0.3, 0.4) is 0 Å². The van der Waals surface area contributed by atoms with Crippen molar-refractivity contribution in [1.82, 2.24) is 20.7 Å². The molecule has 11 heteroatoms. The summed E-state index contributed by atoms with van der Waals surface area (Å²) < 4.78 is 52.7. The van der Waals surface area contributed by atoms with Crippen LogP contribution >= 0.6 is 0 Å². The minimum atomic E-state index is -4.79. The molecule has 0 fully saturated rings. The maximum Gasteiger partial charge on any atom is 0.419 e. The number of hydrogen-bond donors (Lipinski definition) is 3. The molecule has 0 aliphatic heterocycles. The first-order chi connectivity index (χ1) is 14.2. The molecule has 0 bridgehead atoms. The molecule has 0 aliphatic carbocycles. The van der Waals surface area contributed by atoms with Crippen LogP contribution in [0.1, 0.15) is 34.5 Å². The molecule has 0 saturated heterocycles. The summed E-state index contributed by atoms with van der Waals surface area (Å²) in [6, 6.07) is 6.82. The van der Waals surface area contributed by atoms with Crippen molar-refractivity contribution in [2.24, 2.45) is 5.73 Å². The molecule has 1 heterocycles. The quantitative estimate of drug-likeness (QED) is 0.506. The van der Waals surface area contributed by atoms with E-state index in [1.54, 1.807) is 12.1 Å². The summed E-state index contributed by atoms with van der Waals surface area (Å²) in [6.45, 7) is 2.70. The second kappa shape index (κ2) is 8.57. The number of nitrogens with zero attached hydrogens (tertiary/aromatic N) is 3. The van der Waals surface area contributed by atoms with Gasteiger partial charge in [-0.2, -0.15) is 13.2 Å². The molecule has 0 aliphatic rings. The Morgan fingerprint density at radius 1 is 1.20 bits per heavy atom. The van der Waals surface area contributed by atoms with Crippen LogP contribution < -0.4 is 16.4 Å². The molecule has 0 saturated carbocycles. The van der Waals surface area contributed by atoms with Crippen molar-refractivity contribution < 1.29 is 22.4 Å². The summed E-state index contributed by atoms with van der Waals surface area (Å²) in [5, 5.41) is 18.0. The van der Waals surface area contributed by atoms with Crippen molar-refractivity contribution in [1.29, 1.82) is 0 Å². The van der Waals surface area contributed by atoms with Gasteiger partial charge in [0.15, 0.2) is 5.82 Å². The van der Waals surface area contributed by atoms with Crippen molar-refractivity contribution >= 4 is 22.6 Å². The van der Waals surface area contributed by atoms with Gasteiger partial charge in [0.1, 0.15) is 11.3 Å². The highest BCUT2D eigenvalue weighted by Gasteiger charge is 2.34. The lowest BCUT2D eigenvalue weighted by atomic mass is 10.0. The van der Waals surface area contributed by atoms with E-state index in [4.69, 9.17) is 5.73 Å². The van der Waals surface area contributed by atoms with E-state index in [1.807, 2.05) is 6.92 Å². The molecule has 1 aromatic heterocycles. The lowest BCUT2D eigenvalue weighted by molar-refractivity contribution is -0.140. The van der Waals surface area contributed by atoms with Crippen LogP contribution in [-0.2, 0) is 6.18 Å². The Labute approximate surface area is 168 Å². The Bertz CT molecular complexity index is 1070. The van der Waals surface area contributed by atoms with Crippen LogP contribution in [0.4, 0.5) is 23.4 Å². The Kier molecular flexibility index (Phi) is 6.11. The number of anilines is 1. The molecule has 3 aromatic rings. The zero-order valence-corrected chi connectivity index (χ0v) is 15.8. The number of nitrogens with two attached hydrogens (primary N) is 1. The SMILES string of the molecule is CCNC[C@@H](Nc1nnnc2c(C(N)=O)cccc12)c1ccc(C(F)(F)F)c(F)c1. The first-order valence-electron chi connectivity index (χ1n) is 8.98. The molecule has 0 unspecified atom stereocenters. The Morgan fingerprint density at radius 2 is 1.97 bits per heavy atom. The summed E-state index contributed by atoms with van der Waals surface area (Å²) >= 11 is 0. The molecule has 2 aromatic carbocycles. The van der Waals surface area contributed by atoms with Crippen molar-refractivity contribution in [2.75, 3.05) is 18.4 Å². The number of rotatable bonds is 7. The highest BCUT2D eigenvalue weighted by Crippen LogP contribution is 2.33. The third kappa shape index (κ3) is 4.46. The fourth-order valence-electron chi connectivity index (χ4n) is 3.00. The number of alkyl halides is 3. The third-order valence-corrected chi connectivity index (χ3v) is 4.46. The van der Waals surface area contributed by atoms with Gasteiger partial charge in [-0.3, -0.25) is 4.79 Å². The van der Waals surface area contributed by atoms with E-state index >= 15 is 0 Å². The lowest BCUT2D eigenvalue weighted by Crippen LogP contribution is -2.27. The first kappa shape index (κ1) is 21.4. The van der Waals surface area contributed by atoms with Gasteiger partial charge in [0.25, 0.3) is 5.91 Å². The highest BCUT2D eigenvalue weighted by atomic mass is 19.4. The van der Waals surface area contributed by atoms with Crippen LogP contribution in [-0.4, -0.2) is 34.4 Å². The molecular weight excluding hydrogens is 404 g/mol. The van der Waals surface area contributed by atoms with Gasteiger partial charge in [0.2, 0.25) is 0 Å². The molecular formula is C19H18F4N6O. The second-order valence-corrected chi connectivity index (χ2v) is 6.45. The lowest BCUT2D eigenvalue weighted by Gasteiger charge is -2.21. The number of benzene rings is 2. The largest absolute Gasteiger partial charge is 0.419 e. The van der Waals surface area contributed by atoms with E-state index in [1.165, 1.54) is 12.1 Å². The number of amides is 1. The highest BCUT2D eigenvalue weighted by molar-refractivity contribution is 6.06. The van der Waals surface area contributed by atoms with Gasteiger partial charge in [0.05, 0.1) is 17.2 Å². The Morgan fingerprint density at radius 3 is 2.60 bits per heavy atom. The molecule has 30 heavy (non-hydrogen) atoms. The maximum atomic E-state index is 14.1. The standard InChI is InChI=1S/C19H18F4N6O/c1-2-25-9-15(10-6-7-13(14(20)8-10)19(21,22)23)26-18-12-5-3-4-11(17(24)30)16(12)27-29-28-18/h3-8,15,25H,2,9H2,1H3,(H2,24,30)(H,26,27,28)/t15-/m1/s1. The Hall–Kier alpha value is -3.34. The van der Waals surface area contributed by atoms with Gasteiger partial charge in [0, 0.05) is 11.9 Å². The summed E-state index contributed by atoms with van der Waals surface area (Å²) in [5.74, 6) is -1.84. The van der Waals surface area contributed by atoms with Gasteiger partial charge in [-0.1, -0.05) is 19.1 Å². The predicted octanol–water partition coefficient (Wildman–Crippen LogP) is 3.04. The molecule has 3 rings (SSSR count). The second-order valence-electron chi connectivity index (χ2n) is 6.45. The molecule has 4 N–H and O–H groups in total. The monoisotopic (exact) mass is 422 g/mol. The van der Waals surface area contributed by atoms with Crippen molar-refractivity contribution in [3.63, 3.8) is 0 Å².